The molecule has 1 aliphatic carbocycles. The summed E-state index contributed by atoms with van der Waals surface area (Å²) in [6.07, 6.45) is 10.1. The average molecular weight is 515 g/mol. The third-order valence-electron chi connectivity index (χ3n) is 7.54. The SMILES string of the molecule is N#CC(Cn1cc(-c2ccnc(Nc3cccc(C(=O)N4CCN(CCO)CC4)c3)n2)cn1)C1CCCC1. The van der Waals surface area contributed by atoms with Crippen LogP contribution in [0.15, 0.2) is 48.9 Å². The van der Waals surface area contributed by atoms with Gasteiger partial charge < -0.3 is 15.3 Å². The van der Waals surface area contributed by atoms with Crippen molar-refractivity contribution >= 4 is 17.5 Å². The minimum atomic E-state index is -0.0210. The van der Waals surface area contributed by atoms with E-state index in [4.69, 9.17) is 5.11 Å². The number of amides is 1. The molecule has 1 saturated heterocycles. The van der Waals surface area contributed by atoms with Crippen LogP contribution in [0.2, 0.25) is 0 Å². The first-order valence-corrected chi connectivity index (χ1v) is 13.4. The van der Waals surface area contributed by atoms with Crippen LogP contribution in [0, 0.1) is 23.2 Å². The summed E-state index contributed by atoms with van der Waals surface area (Å²) in [7, 11) is 0. The molecule has 0 radical (unpaired) electrons. The van der Waals surface area contributed by atoms with E-state index in [1.807, 2.05) is 46.1 Å². The topological polar surface area (TPSA) is 123 Å². The number of β-amino-alcohol motifs (C(OH)–C–C–N with tert-alkyl or cyclic N) is 1. The number of aliphatic hydroxyl groups excluding tert-OH is 1. The number of hydrogen-bond donors (Lipinski definition) is 2. The maximum absolute atomic E-state index is 13.1. The highest BCUT2D eigenvalue weighted by atomic mass is 16.3. The van der Waals surface area contributed by atoms with E-state index in [-0.39, 0.29) is 18.4 Å². The quantitative estimate of drug-likeness (QED) is 0.446. The Kier molecular flexibility index (Phi) is 8.26. The lowest BCUT2D eigenvalue weighted by Gasteiger charge is -2.34. The van der Waals surface area contributed by atoms with Crippen LogP contribution in [-0.2, 0) is 6.54 Å². The van der Waals surface area contributed by atoms with E-state index in [1.54, 1.807) is 12.4 Å². The molecular formula is C28H34N8O2. The lowest BCUT2D eigenvalue weighted by atomic mass is 9.92. The van der Waals surface area contributed by atoms with Gasteiger partial charge in [0.05, 0.1) is 37.0 Å². The zero-order valence-electron chi connectivity index (χ0n) is 21.5. The van der Waals surface area contributed by atoms with Crippen molar-refractivity contribution in [3.63, 3.8) is 0 Å². The minimum absolute atomic E-state index is 0.00680. The van der Waals surface area contributed by atoms with Gasteiger partial charge >= 0.3 is 0 Å². The molecule has 10 heteroatoms. The first-order chi connectivity index (χ1) is 18.6. The molecule has 1 saturated carbocycles. The molecule has 0 bridgehead atoms. The van der Waals surface area contributed by atoms with Crippen molar-refractivity contribution in [2.24, 2.45) is 11.8 Å². The van der Waals surface area contributed by atoms with E-state index in [9.17, 15) is 10.1 Å². The van der Waals surface area contributed by atoms with Crippen molar-refractivity contribution in [2.45, 2.75) is 32.2 Å². The Labute approximate surface area is 222 Å². The van der Waals surface area contributed by atoms with Gasteiger partial charge in [0.15, 0.2) is 0 Å². The van der Waals surface area contributed by atoms with Gasteiger partial charge in [0.2, 0.25) is 5.95 Å². The van der Waals surface area contributed by atoms with Crippen LogP contribution in [-0.4, -0.2) is 79.9 Å². The average Bonchev–Trinajstić information content (AvgIpc) is 3.65. The number of nitriles is 1. The first-order valence-electron chi connectivity index (χ1n) is 13.4. The predicted octanol–water partition coefficient (Wildman–Crippen LogP) is 3.16. The Hall–Kier alpha value is -3.81. The molecule has 2 aromatic heterocycles. The van der Waals surface area contributed by atoms with Crippen LogP contribution >= 0.6 is 0 Å². The fourth-order valence-electron chi connectivity index (χ4n) is 5.39. The summed E-state index contributed by atoms with van der Waals surface area (Å²) in [6, 6.07) is 11.7. The maximum atomic E-state index is 13.1. The second kappa shape index (κ2) is 12.2. The van der Waals surface area contributed by atoms with Crippen molar-refractivity contribution in [3.05, 3.63) is 54.5 Å². The zero-order valence-corrected chi connectivity index (χ0v) is 21.5. The van der Waals surface area contributed by atoms with Crippen LogP contribution in [0.4, 0.5) is 11.6 Å². The van der Waals surface area contributed by atoms with Gasteiger partial charge in [-0.1, -0.05) is 18.9 Å². The number of rotatable bonds is 9. The summed E-state index contributed by atoms with van der Waals surface area (Å²) < 4.78 is 1.84. The van der Waals surface area contributed by atoms with E-state index in [2.05, 4.69) is 31.4 Å². The van der Waals surface area contributed by atoms with Gasteiger partial charge in [-0.3, -0.25) is 14.4 Å². The van der Waals surface area contributed by atoms with Gasteiger partial charge in [-0.25, -0.2) is 9.97 Å². The maximum Gasteiger partial charge on any atom is 0.254 e. The van der Waals surface area contributed by atoms with Crippen LogP contribution in [0.3, 0.4) is 0 Å². The third-order valence-corrected chi connectivity index (χ3v) is 7.54. The number of nitrogens with one attached hydrogen (secondary N) is 1. The molecule has 1 aromatic carbocycles. The second-order valence-electron chi connectivity index (χ2n) is 10.1. The number of piperazine rings is 1. The van der Waals surface area contributed by atoms with Crippen molar-refractivity contribution in [2.75, 3.05) is 44.6 Å². The number of anilines is 2. The number of aromatic nitrogens is 4. The molecule has 1 amide bonds. The third kappa shape index (κ3) is 6.18. The molecule has 10 nitrogen and oxygen atoms in total. The van der Waals surface area contributed by atoms with Crippen molar-refractivity contribution in [1.29, 1.82) is 5.26 Å². The van der Waals surface area contributed by atoms with Gasteiger partial charge in [-0.15, -0.1) is 0 Å². The standard InChI is InChI=1S/C28H34N8O2/c29-17-23(21-4-1-2-5-21)19-36-20-24(18-31-36)26-8-9-30-28(33-26)32-25-7-3-6-22(16-25)27(38)35-12-10-34(11-13-35)14-15-37/h3,6-9,16,18,20-21,23,37H,1-2,4-5,10-15,19H2,(H,30,32,33). The van der Waals surface area contributed by atoms with E-state index in [1.165, 1.54) is 12.8 Å². The normalized spacial score (nSPS) is 17.3. The molecular weight excluding hydrogens is 480 g/mol. The van der Waals surface area contributed by atoms with E-state index >= 15 is 0 Å². The molecule has 198 valence electrons. The Morgan fingerprint density at radius 2 is 2.00 bits per heavy atom. The highest BCUT2D eigenvalue weighted by Gasteiger charge is 2.26. The molecule has 1 atom stereocenters. The summed E-state index contributed by atoms with van der Waals surface area (Å²) in [5.74, 6) is 0.860. The number of carbonyl (C=O) groups excluding carboxylic acids is 1. The molecule has 2 N–H and O–H groups in total. The minimum Gasteiger partial charge on any atom is -0.395 e. The van der Waals surface area contributed by atoms with Crippen LogP contribution in [0.1, 0.15) is 36.0 Å². The zero-order chi connectivity index (χ0) is 26.3. The molecule has 0 spiro atoms. The van der Waals surface area contributed by atoms with Crippen LogP contribution in [0.25, 0.3) is 11.3 Å². The monoisotopic (exact) mass is 514 g/mol. The number of aliphatic hydroxyl groups is 1. The lowest BCUT2D eigenvalue weighted by molar-refractivity contribution is 0.0615. The summed E-state index contributed by atoms with van der Waals surface area (Å²) in [6.45, 7) is 4.18. The molecule has 2 aliphatic rings. The van der Waals surface area contributed by atoms with Crippen LogP contribution in [0.5, 0.6) is 0 Å². The number of hydrogen-bond acceptors (Lipinski definition) is 8. The summed E-state index contributed by atoms with van der Waals surface area (Å²) in [4.78, 5) is 26.1. The van der Waals surface area contributed by atoms with E-state index in [0.29, 0.717) is 43.6 Å². The van der Waals surface area contributed by atoms with E-state index in [0.717, 1.165) is 42.9 Å². The summed E-state index contributed by atoms with van der Waals surface area (Å²) >= 11 is 0. The van der Waals surface area contributed by atoms with Gasteiger partial charge in [0, 0.05) is 61.9 Å². The molecule has 1 unspecified atom stereocenters. The highest BCUT2D eigenvalue weighted by molar-refractivity contribution is 5.95. The fourth-order valence-corrected chi connectivity index (χ4v) is 5.39. The number of nitrogens with zero attached hydrogens (tertiary/aromatic N) is 7. The Bertz CT molecular complexity index is 1270. The largest absolute Gasteiger partial charge is 0.395 e. The van der Waals surface area contributed by atoms with Crippen LogP contribution < -0.4 is 5.32 Å². The van der Waals surface area contributed by atoms with Crippen molar-refractivity contribution in [3.8, 4) is 17.3 Å². The summed E-state index contributed by atoms with van der Waals surface area (Å²) in [5, 5.41) is 26.5. The van der Waals surface area contributed by atoms with Crippen molar-refractivity contribution < 1.29 is 9.90 Å². The number of benzene rings is 1. The molecule has 1 aliphatic heterocycles. The van der Waals surface area contributed by atoms with Gasteiger partial charge in [0.25, 0.3) is 5.91 Å². The van der Waals surface area contributed by atoms with E-state index < -0.39 is 0 Å². The Balaban J connectivity index is 1.23. The molecule has 5 rings (SSSR count). The first kappa shape index (κ1) is 25.8. The molecule has 2 fully saturated rings. The predicted molar refractivity (Wildman–Crippen MR) is 143 cm³/mol. The smallest absolute Gasteiger partial charge is 0.254 e. The molecule has 3 aromatic rings. The number of carbonyl (C=O) groups is 1. The second-order valence-corrected chi connectivity index (χ2v) is 10.1. The van der Waals surface area contributed by atoms with Crippen molar-refractivity contribution in [1.82, 2.24) is 29.5 Å². The summed E-state index contributed by atoms with van der Waals surface area (Å²) in [5.41, 5.74) is 2.94. The molecule has 38 heavy (non-hydrogen) atoms. The Morgan fingerprint density at radius 1 is 1.18 bits per heavy atom. The highest BCUT2D eigenvalue weighted by Crippen LogP contribution is 2.32. The Morgan fingerprint density at radius 3 is 2.76 bits per heavy atom. The van der Waals surface area contributed by atoms with Gasteiger partial charge in [-0.2, -0.15) is 10.4 Å². The van der Waals surface area contributed by atoms with Gasteiger partial charge in [0.1, 0.15) is 0 Å². The van der Waals surface area contributed by atoms with Gasteiger partial charge in [-0.05, 0) is 43.0 Å². The lowest BCUT2D eigenvalue weighted by Crippen LogP contribution is -2.49. The molecule has 3 heterocycles. The fraction of sp³-hybridized carbons (Fsp3) is 0.464.